The number of azide groups is 1. The van der Waals surface area contributed by atoms with Gasteiger partial charge in [0.1, 0.15) is 5.75 Å². The Kier molecular flexibility index (Phi) is 3.37. The molecule has 2 aliphatic heterocycles. The van der Waals surface area contributed by atoms with Crippen LogP contribution in [0, 0.1) is 0 Å². The molecule has 3 heterocycles. The molecule has 0 amide bonds. The summed E-state index contributed by atoms with van der Waals surface area (Å²) in [5.41, 5.74) is 11.8. The lowest BCUT2D eigenvalue weighted by Crippen LogP contribution is -2.48. The molecule has 0 saturated carbocycles. The van der Waals surface area contributed by atoms with Crippen molar-refractivity contribution in [1.82, 2.24) is 9.88 Å². The van der Waals surface area contributed by atoms with Gasteiger partial charge in [0.2, 0.25) is 0 Å². The van der Waals surface area contributed by atoms with E-state index in [2.05, 4.69) is 43.6 Å². The van der Waals surface area contributed by atoms with E-state index in [1.54, 1.807) is 0 Å². The molecule has 0 atom stereocenters. The minimum absolute atomic E-state index is 0.000874. The van der Waals surface area contributed by atoms with Crippen LogP contribution in [0.25, 0.3) is 16.1 Å². The Morgan fingerprint density at radius 1 is 1.30 bits per heavy atom. The highest BCUT2D eigenvalue weighted by Crippen LogP contribution is 2.43. The van der Waals surface area contributed by atoms with Gasteiger partial charge in [-0.1, -0.05) is 5.11 Å². The number of fused-ring (bicyclic) bond motifs is 4. The number of rotatable bonds is 3. The van der Waals surface area contributed by atoms with Gasteiger partial charge < -0.3 is 19.9 Å². The summed E-state index contributed by atoms with van der Waals surface area (Å²) in [6.07, 6.45) is 4.19. The molecule has 0 radical (unpaired) electrons. The molecule has 23 heavy (non-hydrogen) atoms. The lowest BCUT2D eigenvalue weighted by molar-refractivity contribution is 0.324. The first-order valence-electron chi connectivity index (χ1n) is 7.77. The van der Waals surface area contributed by atoms with Crippen LogP contribution in [0.1, 0.15) is 18.5 Å². The van der Waals surface area contributed by atoms with Gasteiger partial charge in [-0.05, 0) is 55.7 Å². The molecule has 2 N–H and O–H groups in total. The van der Waals surface area contributed by atoms with Gasteiger partial charge in [-0.2, -0.15) is 0 Å². The lowest BCUT2D eigenvalue weighted by atomic mass is 9.83. The average Bonchev–Trinajstić information content (AvgIpc) is 3.07. The summed E-state index contributed by atoms with van der Waals surface area (Å²) in [7, 11) is 0. The van der Waals surface area contributed by atoms with Crippen LogP contribution < -0.4 is 15.4 Å². The number of piperidine rings is 1. The van der Waals surface area contributed by atoms with E-state index in [4.69, 9.17) is 10.3 Å². The third-order valence-corrected chi connectivity index (χ3v) is 4.65. The summed E-state index contributed by atoms with van der Waals surface area (Å²) < 4.78 is 7.73. The predicted octanol–water partition coefficient (Wildman–Crippen LogP) is 3.13. The number of hydrogen-bond donors (Lipinski definition) is 2. The van der Waals surface area contributed by atoms with Crippen molar-refractivity contribution >= 4 is 5.69 Å². The fourth-order valence-electron chi connectivity index (χ4n) is 3.58. The zero-order chi connectivity index (χ0) is 15.7. The molecule has 1 spiro atoms. The van der Waals surface area contributed by atoms with Crippen molar-refractivity contribution in [1.29, 1.82) is 0 Å². The third-order valence-electron chi connectivity index (χ3n) is 4.65. The van der Waals surface area contributed by atoms with Crippen LogP contribution in [0.3, 0.4) is 0 Å². The first-order valence-corrected chi connectivity index (χ1v) is 7.77. The minimum Gasteiger partial charge on any atom is -0.487 e. The molecule has 1 fully saturated rings. The van der Waals surface area contributed by atoms with Gasteiger partial charge in [0.25, 0.3) is 0 Å². The lowest BCUT2D eigenvalue weighted by Gasteiger charge is -2.43. The van der Waals surface area contributed by atoms with Crippen molar-refractivity contribution in [3.05, 3.63) is 52.7 Å². The van der Waals surface area contributed by atoms with Crippen LogP contribution in [0.4, 0.5) is 5.69 Å². The van der Waals surface area contributed by atoms with E-state index in [1.807, 2.05) is 18.2 Å². The molecule has 0 bridgehead atoms. The fraction of sp³-hybridized carbons (Fsp3) is 0.375. The molecule has 1 saturated heterocycles. The van der Waals surface area contributed by atoms with Crippen molar-refractivity contribution in [2.24, 2.45) is 5.11 Å². The predicted molar refractivity (Wildman–Crippen MR) is 87.8 cm³/mol. The number of ether oxygens (including phenoxy) is 1. The molecular formula is C16H18N6O. The molecule has 2 aromatic rings. The maximum absolute atomic E-state index is 8.34. The first kappa shape index (κ1) is 14.0. The van der Waals surface area contributed by atoms with Crippen LogP contribution in [0.5, 0.6) is 5.75 Å². The summed E-state index contributed by atoms with van der Waals surface area (Å²) in [6, 6.07) is 10.2. The van der Waals surface area contributed by atoms with Gasteiger partial charge in [0.15, 0.2) is 6.73 Å². The SMILES string of the molecule is [N-]=[N+]=NCOc1ccc2c(c1)NC1(CCNCC1)c1cccn1-2. The average molecular weight is 310 g/mol. The highest BCUT2D eigenvalue weighted by Gasteiger charge is 2.39. The number of benzene rings is 1. The van der Waals surface area contributed by atoms with Gasteiger partial charge in [-0.3, -0.25) is 0 Å². The zero-order valence-corrected chi connectivity index (χ0v) is 12.7. The van der Waals surface area contributed by atoms with E-state index >= 15 is 0 Å². The second-order valence-corrected chi connectivity index (χ2v) is 5.90. The van der Waals surface area contributed by atoms with E-state index in [9.17, 15) is 0 Å². The second kappa shape index (κ2) is 5.53. The van der Waals surface area contributed by atoms with Gasteiger partial charge in [0.05, 0.1) is 16.9 Å². The smallest absolute Gasteiger partial charge is 0.167 e. The van der Waals surface area contributed by atoms with Crippen LogP contribution >= 0.6 is 0 Å². The summed E-state index contributed by atoms with van der Waals surface area (Å²) in [5, 5.41) is 10.6. The maximum atomic E-state index is 8.34. The van der Waals surface area contributed by atoms with E-state index < -0.39 is 0 Å². The molecule has 0 aliphatic carbocycles. The Labute approximate surface area is 133 Å². The Morgan fingerprint density at radius 2 is 2.17 bits per heavy atom. The quantitative estimate of drug-likeness (QED) is 0.518. The molecule has 7 heteroatoms. The van der Waals surface area contributed by atoms with Crippen molar-refractivity contribution in [3.8, 4) is 11.4 Å². The molecule has 4 rings (SSSR count). The molecule has 1 aromatic carbocycles. The number of anilines is 1. The number of hydrogen-bond acceptors (Lipinski definition) is 4. The molecule has 2 aliphatic rings. The van der Waals surface area contributed by atoms with Gasteiger partial charge in [0, 0.05) is 22.9 Å². The van der Waals surface area contributed by atoms with Crippen molar-refractivity contribution in [2.75, 3.05) is 25.1 Å². The summed E-state index contributed by atoms with van der Waals surface area (Å²) in [4.78, 5) is 2.70. The minimum atomic E-state index is -0.0365. The van der Waals surface area contributed by atoms with Crippen LogP contribution in [0.2, 0.25) is 0 Å². The summed E-state index contributed by atoms with van der Waals surface area (Å²) >= 11 is 0. The Hall–Kier alpha value is -2.63. The number of aromatic nitrogens is 1. The Bertz CT molecular complexity index is 771. The fourth-order valence-corrected chi connectivity index (χ4v) is 3.58. The van der Waals surface area contributed by atoms with Crippen molar-refractivity contribution in [3.63, 3.8) is 0 Å². The van der Waals surface area contributed by atoms with Crippen molar-refractivity contribution < 1.29 is 4.74 Å². The second-order valence-electron chi connectivity index (χ2n) is 5.90. The topological polar surface area (TPSA) is 87.0 Å². The van der Waals surface area contributed by atoms with Crippen LogP contribution in [-0.4, -0.2) is 24.4 Å². The Balaban J connectivity index is 1.73. The molecule has 7 nitrogen and oxygen atoms in total. The third kappa shape index (κ3) is 2.30. The van der Waals surface area contributed by atoms with Crippen LogP contribution in [0.15, 0.2) is 41.6 Å². The number of nitrogens with zero attached hydrogens (tertiary/aromatic N) is 4. The largest absolute Gasteiger partial charge is 0.487 e. The maximum Gasteiger partial charge on any atom is 0.167 e. The van der Waals surface area contributed by atoms with Gasteiger partial charge in [-0.25, -0.2) is 0 Å². The van der Waals surface area contributed by atoms with Crippen molar-refractivity contribution in [2.45, 2.75) is 18.4 Å². The monoisotopic (exact) mass is 310 g/mol. The van der Waals surface area contributed by atoms with E-state index in [0.717, 1.165) is 37.3 Å². The normalized spacial score (nSPS) is 17.6. The van der Waals surface area contributed by atoms with Gasteiger partial charge >= 0.3 is 0 Å². The van der Waals surface area contributed by atoms with Gasteiger partial charge in [-0.15, -0.1) is 0 Å². The molecule has 0 unspecified atom stereocenters. The Morgan fingerprint density at radius 3 is 3.00 bits per heavy atom. The highest BCUT2D eigenvalue weighted by molar-refractivity contribution is 5.69. The first-order chi connectivity index (χ1) is 11.3. The van der Waals surface area contributed by atoms with E-state index in [-0.39, 0.29) is 12.3 Å². The standard InChI is InChI=1S/C16H18N6O/c17-21-19-11-23-12-3-4-14-13(10-12)20-16(5-7-18-8-6-16)15-2-1-9-22(14)15/h1-4,9-10,18,20H,5-8,11H2. The molecule has 118 valence electrons. The molecular weight excluding hydrogens is 292 g/mol. The number of nitrogens with one attached hydrogen (secondary N) is 2. The highest BCUT2D eigenvalue weighted by atomic mass is 16.5. The zero-order valence-electron chi connectivity index (χ0n) is 12.7. The van der Waals surface area contributed by atoms with E-state index in [0.29, 0.717) is 5.75 Å². The molecule has 1 aromatic heterocycles. The van der Waals surface area contributed by atoms with E-state index in [1.165, 1.54) is 5.69 Å². The summed E-state index contributed by atoms with van der Waals surface area (Å²) in [6.45, 7) is 2.00. The van der Waals surface area contributed by atoms with Crippen LogP contribution in [-0.2, 0) is 5.54 Å². The summed E-state index contributed by atoms with van der Waals surface area (Å²) in [5.74, 6) is 0.698.